The lowest BCUT2D eigenvalue weighted by Gasteiger charge is -2.27. The van der Waals surface area contributed by atoms with Gasteiger partial charge in [0.05, 0.1) is 12.6 Å². The Morgan fingerprint density at radius 1 is 1.50 bits per heavy atom. The third-order valence-electron chi connectivity index (χ3n) is 2.60. The van der Waals surface area contributed by atoms with Crippen molar-refractivity contribution in [2.75, 3.05) is 6.54 Å². The summed E-state index contributed by atoms with van der Waals surface area (Å²) in [5.41, 5.74) is -0.606. The smallest absolute Gasteiger partial charge is 0.410 e. The molecule has 0 aromatic rings. The molecule has 0 radical (unpaired) electrons. The van der Waals surface area contributed by atoms with E-state index in [0.717, 1.165) is 0 Å². The molecule has 5 heteroatoms. The fraction of sp³-hybridized carbons (Fsp3) is 0.692. The Balaban J connectivity index is 2.70. The number of hydrogen-bond acceptors (Lipinski definition) is 4. The minimum atomic E-state index is -0.631. The third-order valence-corrected chi connectivity index (χ3v) is 2.60. The van der Waals surface area contributed by atoms with E-state index in [1.165, 1.54) is 4.90 Å². The van der Waals surface area contributed by atoms with Crippen molar-refractivity contribution in [1.29, 1.82) is 0 Å². The van der Waals surface area contributed by atoms with Crippen LogP contribution in [-0.4, -0.2) is 46.2 Å². The van der Waals surface area contributed by atoms with Crippen LogP contribution in [0.3, 0.4) is 0 Å². The molecule has 2 atom stereocenters. The molecule has 1 aliphatic heterocycles. The van der Waals surface area contributed by atoms with Gasteiger partial charge in [-0.05, 0) is 33.1 Å². The number of carbonyl (C=O) groups is 2. The molecule has 0 spiro atoms. The Hall–Kier alpha value is -1.54. The summed E-state index contributed by atoms with van der Waals surface area (Å²) in [6.45, 7) is 5.47. The molecular formula is C13H19NO4. The number of carbonyl (C=O) groups excluding carboxylic acids is 2. The third kappa shape index (κ3) is 4.04. The van der Waals surface area contributed by atoms with Crippen LogP contribution in [-0.2, 0) is 9.53 Å². The fourth-order valence-electron chi connectivity index (χ4n) is 1.90. The molecule has 0 aromatic carbocycles. The van der Waals surface area contributed by atoms with Crippen molar-refractivity contribution < 1.29 is 19.4 Å². The number of aliphatic hydroxyl groups excluding tert-OH is 1. The normalized spacial score (nSPS) is 23.6. The quantitative estimate of drug-likeness (QED) is 0.587. The van der Waals surface area contributed by atoms with E-state index in [-0.39, 0.29) is 24.8 Å². The highest BCUT2D eigenvalue weighted by molar-refractivity contribution is 5.95. The van der Waals surface area contributed by atoms with Gasteiger partial charge in [-0.15, -0.1) is 6.42 Å². The summed E-state index contributed by atoms with van der Waals surface area (Å²) in [4.78, 5) is 24.5. The average Bonchev–Trinajstić information content (AvgIpc) is 2.56. The summed E-state index contributed by atoms with van der Waals surface area (Å²) >= 11 is 0. The number of β-amino-alcohol motifs (C(OH)–C–C–N with tert-alkyl or cyclic N) is 1. The Morgan fingerprint density at radius 2 is 2.11 bits per heavy atom. The fourth-order valence-corrected chi connectivity index (χ4v) is 1.90. The number of likely N-dealkylation sites (tertiary alicyclic amines) is 1. The van der Waals surface area contributed by atoms with Gasteiger partial charge in [-0.2, -0.15) is 0 Å². The van der Waals surface area contributed by atoms with Crippen molar-refractivity contribution in [2.45, 2.75) is 51.4 Å². The van der Waals surface area contributed by atoms with Gasteiger partial charge in [-0.1, -0.05) is 0 Å². The van der Waals surface area contributed by atoms with Crippen LogP contribution < -0.4 is 0 Å². The molecule has 0 unspecified atom stereocenters. The van der Waals surface area contributed by atoms with E-state index in [9.17, 15) is 14.7 Å². The van der Waals surface area contributed by atoms with Crippen LogP contribution in [0.2, 0.25) is 0 Å². The number of ether oxygens (including phenoxy) is 1. The van der Waals surface area contributed by atoms with E-state index in [2.05, 4.69) is 0 Å². The van der Waals surface area contributed by atoms with E-state index in [4.69, 9.17) is 11.2 Å². The van der Waals surface area contributed by atoms with Crippen LogP contribution in [0.4, 0.5) is 4.79 Å². The van der Waals surface area contributed by atoms with Crippen LogP contribution in [0.1, 0.15) is 33.6 Å². The standard InChI is InChI=1S/C13H19NO4/c1-5-10(15)6-9-7-11(16)8-14(9)12(17)18-13(2,3)4/h1,9,11,16H,6-8H2,2-4H3/t9-,11-/m1/s1. The molecule has 1 amide bonds. The molecule has 1 fully saturated rings. The van der Waals surface area contributed by atoms with Crippen molar-refractivity contribution in [3.8, 4) is 12.3 Å². The van der Waals surface area contributed by atoms with Crippen molar-refractivity contribution in [3.05, 3.63) is 0 Å². The van der Waals surface area contributed by atoms with Gasteiger partial charge >= 0.3 is 6.09 Å². The summed E-state index contributed by atoms with van der Waals surface area (Å²) in [7, 11) is 0. The first kappa shape index (κ1) is 14.5. The maximum atomic E-state index is 11.9. The molecule has 0 saturated carbocycles. The van der Waals surface area contributed by atoms with Crippen molar-refractivity contribution in [2.24, 2.45) is 0 Å². The molecule has 0 aliphatic carbocycles. The topological polar surface area (TPSA) is 66.8 Å². The highest BCUT2D eigenvalue weighted by atomic mass is 16.6. The van der Waals surface area contributed by atoms with Crippen LogP contribution in [0, 0.1) is 12.3 Å². The first-order valence-electron chi connectivity index (χ1n) is 5.90. The number of terminal acetylenes is 1. The number of ketones is 1. The van der Waals surface area contributed by atoms with Gasteiger partial charge in [0.2, 0.25) is 5.78 Å². The van der Waals surface area contributed by atoms with Gasteiger partial charge in [-0.25, -0.2) is 4.79 Å². The Bertz CT molecular complexity index is 377. The largest absolute Gasteiger partial charge is 0.444 e. The molecule has 1 saturated heterocycles. The summed E-state index contributed by atoms with van der Waals surface area (Å²) in [6.07, 6.45) is 4.28. The summed E-state index contributed by atoms with van der Waals surface area (Å²) in [5, 5.41) is 9.59. The lowest BCUT2D eigenvalue weighted by Crippen LogP contribution is -2.40. The van der Waals surface area contributed by atoms with E-state index in [0.29, 0.717) is 6.42 Å². The monoisotopic (exact) mass is 253 g/mol. The lowest BCUT2D eigenvalue weighted by atomic mass is 10.1. The second kappa shape index (κ2) is 5.40. The summed E-state index contributed by atoms with van der Waals surface area (Å²) < 4.78 is 5.23. The molecule has 1 rings (SSSR count). The zero-order valence-electron chi connectivity index (χ0n) is 11.0. The zero-order chi connectivity index (χ0) is 13.9. The maximum absolute atomic E-state index is 11.9. The van der Waals surface area contributed by atoms with Gasteiger partial charge in [0.15, 0.2) is 0 Å². The van der Waals surface area contributed by atoms with Crippen molar-refractivity contribution in [3.63, 3.8) is 0 Å². The predicted octanol–water partition coefficient (Wildman–Crippen LogP) is 0.949. The number of aliphatic hydroxyl groups is 1. The van der Waals surface area contributed by atoms with Crippen LogP contribution in [0.15, 0.2) is 0 Å². The molecule has 0 aromatic heterocycles. The van der Waals surface area contributed by atoms with E-state index in [1.54, 1.807) is 20.8 Å². The van der Waals surface area contributed by atoms with Crippen molar-refractivity contribution >= 4 is 11.9 Å². The number of Topliss-reactive ketones (excluding diaryl/α,β-unsaturated/α-hetero) is 1. The molecule has 1 aliphatic rings. The predicted molar refractivity (Wildman–Crippen MR) is 65.8 cm³/mol. The molecule has 100 valence electrons. The van der Waals surface area contributed by atoms with Gasteiger partial charge in [0.25, 0.3) is 0 Å². The van der Waals surface area contributed by atoms with Gasteiger partial charge in [0, 0.05) is 12.5 Å². The zero-order valence-corrected chi connectivity index (χ0v) is 11.0. The Labute approximate surface area is 107 Å². The number of rotatable bonds is 2. The van der Waals surface area contributed by atoms with Crippen LogP contribution in [0.5, 0.6) is 0 Å². The van der Waals surface area contributed by atoms with Gasteiger partial charge < -0.3 is 14.7 Å². The molecule has 18 heavy (non-hydrogen) atoms. The maximum Gasteiger partial charge on any atom is 0.410 e. The molecule has 1 heterocycles. The van der Waals surface area contributed by atoms with E-state index >= 15 is 0 Å². The Kier molecular flexibility index (Phi) is 4.36. The average molecular weight is 253 g/mol. The first-order chi connectivity index (χ1) is 8.23. The second-order valence-corrected chi connectivity index (χ2v) is 5.45. The highest BCUT2D eigenvalue weighted by Gasteiger charge is 2.37. The lowest BCUT2D eigenvalue weighted by molar-refractivity contribution is -0.114. The molecule has 0 bridgehead atoms. The number of amides is 1. The first-order valence-corrected chi connectivity index (χ1v) is 5.90. The molecule has 1 N–H and O–H groups in total. The molecule has 5 nitrogen and oxygen atoms in total. The molecular weight excluding hydrogens is 234 g/mol. The van der Waals surface area contributed by atoms with Gasteiger partial charge in [-0.3, -0.25) is 4.79 Å². The highest BCUT2D eigenvalue weighted by Crippen LogP contribution is 2.23. The van der Waals surface area contributed by atoms with E-state index in [1.807, 2.05) is 5.92 Å². The number of hydrogen-bond donors (Lipinski definition) is 1. The minimum Gasteiger partial charge on any atom is -0.444 e. The van der Waals surface area contributed by atoms with Crippen LogP contribution in [0.25, 0.3) is 0 Å². The van der Waals surface area contributed by atoms with Gasteiger partial charge in [0.1, 0.15) is 5.60 Å². The summed E-state index contributed by atoms with van der Waals surface area (Å²) in [5.74, 6) is 1.64. The summed E-state index contributed by atoms with van der Waals surface area (Å²) in [6, 6.07) is -0.376. The minimum absolute atomic E-state index is 0.0623. The Morgan fingerprint density at radius 3 is 2.61 bits per heavy atom. The van der Waals surface area contributed by atoms with E-state index < -0.39 is 17.8 Å². The number of nitrogens with zero attached hydrogens (tertiary/aromatic N) is 1. The van der Waals surface area contributed by atoms with Crippen LogP contribution >= 0.6 is 0 Å². The second-order valence-electron chi connectivity index (χ2n) is 5.45. The SMILES string of the molecule is C#CC(=O)C[C@@H]1C[C@@H](O)CN1C(=O)OC(C)(C)C. The van der Waals surface area contributed by atoms with Crippen molar-refractivity contribution in [1.82, 2.24) is 4.90 Å².